The topological polar surface area (TPSA) is 26.0 Å². The Morgan fingerprint density at radius 3 is 2.43 bits per heavy atom. The van der Waals surface area contributed by atoms with Gasteiger partial charge in [-0.05, 0) is 36.8 Å². The third kappa shape index (κ3) is 2.26. The molecule has 2 aromatic heterocycles. The van der Waals surface area contributed by atoms with Crippen LogP contribution in [0, 0.1) is 6.92 Å². The molecule has 0 fully saturated rings. The first kappa shape index (κ1) is 12.4. The van der Waals surface area contributed by atoms with E-state index in [1.807, 2.05) is 24.3 Å². The minimum atomic E-state index is 0.694. The molecule has 2 aromatic carbocycles. The van der Waals surface area contributed by atoms with Crippen LogP contribution >= 0.6 is 11.3 Å². The van der Waals surface area contributed by atoms with E-state index in [2.05, 4.69) is 48.3 Å². The molecular weight excluding hydrogens is 278 g/mol. The van der Waals surface area contributed by atoms with Crippen molar-refractivity contribution >= 4 is 22.4 Å². The Bertz CT molecular complexity index is 869. The Morgan fingerprint density at radius 1 is 0.857 bits per heavy atom. The highest BCUT2D eigenvalue weighted by molar-refractivity contribution is 7.18. The summed E-state index contributed by atoms with van der Waals surface area (Å²) in [5.74, 6) is 0.694. The average molecular weight is 291 g/mol. The van der Waals surface area contributed by atoms with Crippen LogP contribution in [0.4, 0.5) is 0 Å². The van der Waals surface area contributed by atoms with Gasteiger partial charge in [0.2, 0.25) is 5.89 Å². The maximum absolute atomic E-state index is 5.82. The van der Waals surface area contributed by atoms with Crippen molar-refractivity contribution in [3.63, 3.8) is 0 Å². The van der Waals surface area contributed by atoms with Crippen molar-refractivity contribution in [1.82, 2.24) is 4.98 Å². The van der Waals surface area contributed by atoms with E-state index in [-0.39, 0.29) is 0 Å². The smallest absolute Gasteiger partial charge is 0.237 e. The lowest BCUT2D eigenvalue weighted by molar-refractivity contribution is 0.621. The lowest BCUT2D eigenvalue weighted by Gasteiger charge is -1.97. The van der Waals surface area contributed by atoms with E-state index in [4.69, 9.17) is 4.42 Å². The number of rotatable bonds is 2. The highest BCUT2D eigenvalue weighted by Crippen LogP contribution is 2.35. The van der Waals surface area contributed by atoms with Crippen molar-refractivity contribution in [3.8, 4) is 21.2 Å². The number of hydrogen-bond donors (Lipinski definition) is 0. The second kappa shape index (κ2) is 4.86. The van der Waals surface area contributed by atoms with Gasteiger partial charge in [-0.3, -0.25) is 0 Å². The molecule has 102 valence electrons. The van der Waals surface area contributed by atoms with Gasteiger partial charge in [0.15, 0.2) is 5.58 Å². The molecule has 4 aromatic rings. The molecule has 0 amide bonds. The van der Waals surface area contributed by atoms with E-state index in [0.29, 0.717) is 5.89 Å². The molecule has 0 aliphatic carbocycles. The number of hydrogen-bond acceptors (Lipinski definition) is 3. The highest BCUT2D eigenvalue weighted by Gasteiger charge is 2.11. The standard InChI is InChI=1S/C18H13NOS/c1-12-6-8-13(9-7-12)16-10-11-17(21-16)18-19-14-4-2-3-5-15(14)20-18/h2-11H,1H3. The maximum atomic E-state index is 5.82. The third-order valence-electron chi connectivity index (χ3n) is 3.45. The highest BCUT2D eigenvalue weighted by atomic mass is 32.1. The van der Waals surface area contributed by atoms with Gasteiger partial charge in [-0.2, -0.15) is 0 Å². The van der Waals surface area contributed by atoms with Gasteiger partial charge < -0.3 is 4.42 Å². The summed E-state index contributed by atoms with van der Waals surface area (Å²) in [6, 6.07) is 20.6. The SMILES string of the molecule is Cc1ccc(-c2ccc(-c3nc4ccccc4o3)s2)cc1. The summed E-state index contributed by atoms with van der Waals surface area (Å²) in [4.78, 5) is 6.83. The van der Waals surface area contributed by atoms with E-state index in [0.717, 1.165) is 16.0 Å². The monoisotopic (exact) mass is 291 g/mol. The molecule has 21 heavy (non-hydrogen) atoms. The van der Waals surface area contributed by atoms with Gasteiger partial charge in [0.1, 0.15) is 5.52 Å². The predicted octanol–water partition coefficient (Wildman–Crippen LogP) is 5.53. The van der Waals surface area contributed by atoms with Crippen LogP contribution in [0.1, 0.15) is 5.56 Å². The first-order chi connectivity index (χ1) is 10.3. The van der Waals surface area contributed by atoms with E-state index >= 15 is 0 Å². The van der Waals surface area contributed by atoms with Crippen LogP contribution in [-0.4, -0.2) is 4.98 Å². The fourth-order valence-electron chi connectivity index (χ4n) is 2.30. The molecule has 0 spiro atoms. The first-order valence-corrected chi connectivity index (χ1v) is 7.64. The second-order valence-electron chi connectivity index (χ2n) is 5.02. The van der Waals surface area contributed by atoms with Crippen LogP contribution in [0.3, 0.4) is 0 Å². The number of nitrogens with zero attached hydrogens (tertiary/aromatic N) is 1. The van der Waals surface area contributed by atoms with Crippen LogP contribution in [0.2, 0.25) is 0 Å². The van der Waals surface area contributed by atoms with E-state index in [9.17, 15) is 0 Å². The third-order valence-corrected chi connectivity index (χ3v) is 4.57. The van der Waals surface area contributed by atoms with Crippen molar-refractivity contribution in [2.24, 2.45) is 0 Å². The molecule has 3 heteroatoms. The molecule has 0 aliphatic rings. The molecule has 0 saturated heterocycles. The number of oxazole rings is 1. The average Bonchev–Trinajstić information content (AvgIpc) is 3.14. The van der Waals surface area contributed by atoms with Crippen molar-refractivity contribution in [1.29, 1.82) is 0 Å². The molecule has 4 rings (SSSR count). The molecule has 0 atom stereocenters. The Hall–Kier alpha value is -2.39. The van der Waals surface area contributed by atoms with Crippen LogP contribution in [0.5, 0.6) is 0 Å². The molecule has 0 bridgehead atoms. The lowest BCUT2D eigenvalue weighted by atomic mass is 10.1. The lowest BCUT2D eigenvalue weighted by Crippen LogP contribution is -1.73. The predicted molar refractivity (Wildman–Crippen MR) is 87.5 cm³/mol. The summed E-state index contributed by atoms with van der Waals surface area (Å²) in [6.45, 7) is 2.10. The van der Waals surface area contributed by atoms with Gasteiger partial charge >= 0.3 is 0 Å². The number of aryl methyl sites for hydroxylation is 1. The minimum absolute atomic E-state index is 0.694. The van der Waals surface area contributed by atoms with Gasteiger partial charge in [0.05, 0.1) is 4.88 Å². The summed E-state index contributed by atoms with van der Waals surface area (Å²) in [6.07, 6.45) is 0. The number of benzene rings is 2. The minimum Gasteiger partial charge on any atom is -0.435 e. The fourth-order valence-corrected chi connectivity index (χ4v) is 3.24. The van der Waals surface area contributed by atoms with Crippen LogP contribution in [0.15, 0.2) is 65.1 Å². The van der Waals surface area contributed by atoms with Gasteiger partial charge in [-0.25, -0.2) is 4.98 Å². The van der Waals surface area contributed by atoms with Gasteiger partial charge in [-0.15, -0.1) is 11.3 Å². The largest absolute Gasteiger partial charge is 0.435 e. The number of para-hydroxylation sites is 2. The van der Waals surface area contributed by atoms with Crippen LogP contribution in [-0.2, 0) is 0 Å². The van der Waals surface area contributed by atoms with Gasteiger partial charge in [0, 0.05) is 4.88 Å². The Kier molecular flexibility index (Phi) is 2.86. The Labute approximate surface area is 126 Å². The second-order valence-corrected chi connectivity index (χ2v) is 6.10. The summed E-state index contributed by atoms with van der Waals surface area (Å²) in [7, 11) is 0. The van der Waals surface area contributed by atoms with Crippen molar-refractivity contribution in [2.75, 3.05) is 0 Å². The molecular formula is C18H13NOS. The van der Waals surface area contributed by atoms with Gasteiger partial charge in [0.25, 0.3) is 0 Å². The van der Waals surface area contributed by atoms with E-state index in [1.54, 1.807) is 11.3 Å². The zero-order chi connectivity index (χ0) is 14.2. The fraction of sp³-hybridized carbons (Fsp3) is 0.0556. The molecule has 2 heterocycles. The van der Waals surface area contributed by atoms with Crippen molar-refractivity contribution < 1.29 is 4.42 Å². The molecule has 0 unspecified atom stereocenters. The van der Waals surface area contributed by atoms with Crippen molar-refractivity contribution in [3.05, 3.63) is 66.2 Å². The van der Waals surface area contributed by atoms with Gasteiger partial charge in [-0.1, -0.05) is 42.0 Å². The zero-order valence-corrected chi connectivity index (χ0v) is 12.4. The molecule has 0 radical (unpaired) electrons. The number of fused-ring (bicyclic) bond motifs is 1. The summed E-state index contributed by atoms with van der Waals surface area (Å²) < 4.78 is 5.82. The maximum Gasteiger partial charge on any atom is 0.237 e. The molecule has 2 nitrogen and oxygen atoms in total. The molecule has 0 N–H and O–H groups in total. The van der Waals surface area contributed by atoms with Crippen LogP contribution < -0.4 is 0 Å². The summed E-state index contributed by atoms with van der Waals surface area (Å²) in [5, 5.41) is 0. The zero-order valence-electron chi connectivity index (χ0n) is 11.5. The van der Waals surface area contributed by atoms with E-state index < -0.39 is 0 Å². The van der Waals surface area contributed by atoms with Crippen LogP contribution in [0.25, 0.3) is 32.3 Å². The first-order valence-electron chi connectivity index (χ1n) is 6.82. The normalized spacial score (nSPS) is 11.1. The summed E-state index contributed by atoms with van der Waals surface area (Å²) in [5.41, 5.74) is 4.23. The quantitative estimate of drug-likeness (QED) is 0.485. The molecule has 0 aliphatic heterocycles. The summed E-state index contributed by atoms with van der Waals surface area (Å²) >= 11 is 1.70. The number of aromatic nitrogens is 1. The Morgan fingerprint density at radius 2 is 1.62 bits per heavy atom. The Balaban J connectivity index is 1.75. The number of thiophene rings is 1. The van der Waals surface area contributed by atoms with Crippen molar-refractivity contribution in [2.45, 2.75) is 6.92 Å². The molecule has 0 saturated carbocycles. The van der Waals surface area contributed by atoms with E-state index in [1.165, 1.54) is 16.0 Å².